The summed E-state index contributed by atoms with van der Waals surface area (Å²) in [5, 5.41) is 38.5. The molecular weight excluding hydrogens is 546 g/mol. The third-order valence-corrected chi connectivity index (χ3v) is 7.26. The molecule has 0 aliphatic rings. The number of rotatable bonds is 19. The van der Waals surface area contributed by atoms with E-state index in [-0.39, 0.29) is 50.0 Å². The van der Waals surface area contributed by atoms with E-state index in [1.165, 1.54) is 18.3 Å². The lowest BCUT2D eigenvalue weighted by Crippen LogP contribution is -2.50. The Kier molecular flexibility index (Phi) is 12.2. The van der Waals surface area contributed by atoms with Crippen LogP contribution in [0.5, 0.6) is 0 Å². The number of aryl methyl sites for hydroxylation is 1. The van der Waals surface area contributed by atoms with E-state index in [0.717, 1.165) is 12.0 Å². The molecule has 15 heteroatoms. The minimum Gasteiger partial charge on any atom is -0.481 e. The van der Waals surface area contributed by atoms with Crippen LogP contribution in [0.25, 0.3) is 0 Å². The summed E-state index contributed by atoms with van der Waals surface area (Å²) in [6.45, 7) is 0.772. The van der Waals surface area contributed by atoms with Crippen molar-refractivity contribution in [1.82, 2.24) is 20.2 Å². The maximum absolute atomic E-state index is 13.0. The highest BCUT2D eigenvalue weighted by atomic mass is 32.2. The number of carboxylic acid groups (broad SMARTS) is 3. The summed E-state index contributed by atoms with van der Waals surface area (Å²) in [7, 11) is -3.74. The van der Waals surface area contributed by atoms with Gasteiger partial charge in [0.15, 0.2) is 0 Å². The summed E-state index contributed by atoms with van der Waals surface area (Å²) >= 11 is 0. The van der Waals surface area contributed by atoms with E-state index in [0.29, 0.717) is 25.3 Å². The van der Waals surface area contributed by atoms with Crippen molar-refractivity contribution in [3.63, 3.8) is 0 Å². The third kappa shape index (κ3) is 11.5. The van der Waals surface area contributed by atoms with Crippen LogP contribution in [0.15, 0.2) is 41.6 Å². The zero-order valence-electron chi connectivity index (χ0n) is 21.9. The van der Waals surface area contributed by atoms with Gasteiger partial charge in [-0.3, -0.25) is 19.2 Å². The molecule has 14 nitrogen and oxygen atoms in total. The fourth-order valence-corrected chi connectivity index (χ4v) is 4.72. The standard InChI is InChI=1S/C25H35N5O9S/c26-40(38,39)19-5-3-18(4-6-19)2-1-13-27-16-20-28-14-15-30(20)17-21(31)29-25(10-7-22(32)33,11-8-23(34)35)12-9-24(36)37/h3-6,14-15,27H,1-2,7-13,16-17H2,(H,29,31)(H,32,33)(H,34,35)(H,36,37)(H2,26,38,39). The van der Waals surface area contributed by atoms with Crippen molar-refractivity contribution in [1.29, 1.82) is 0 Å². The highest BCUT2D eigenvalue weighted by Crippen LogP contribution is 2.26. The Morgan fingerprint density at radius 3 is 1.98 bits per heavy atom. The normalized spacial score (nSPS) is 11.7. The molecule has 0 fully saturated rings. The van der Waals surface area contributed by atoms with Crippen molar-refractivity contribution < 1.29 is 42.9 Å². The van der Waals surface area contributed by atoms with E-state index in [1.54, 1.807) is 22.9 Å². The minimum atomic E-state index is -3.74. The molecule has 220 valence electrons. The molecule has 0 saturated carbocycles. The number of sulfonamides is 1. The number of amides is 1. The molecule has 0 saturated heterocycles. The zero-order valence-corrected chi connectivity index (χ0v) is 22.7. The summed E-state index contributed by atoms with van der Waals surface area (Å²) in [6, 6.07) is 6.32. The number of carbonyl (C=O) groups is 4. The van der Waals surface area contributed by atoms with Crippen molar-refractivity contribution in [2.45, 2.75) is 74.9 Å². The molecular formula is C25H35N5O9S. The van der Waals surface area contributed by atoms with E-state index < -0.39 is 39.4 Å². The van der Waals surface area contributed by atoms with Gasteiger partial charge in [0, 0.05) is 37.2 Å². The minimum absolute atomic E-state index is 0.0492. The predicted molar refractivity (Wildman–Crippen MR) is 142 cm³/mol. The summed E-state index contributed by atoms with van der Waals surface area (Å²) < 4.78 is 24.3. The van der Waals surface area contributed by atoms with Gasteiger partial charge in [0.2, 0.25) is 15.9 Å². The van der Waals surface area contributed by atoms with Crippen LogP contribution >= 0.6 is 0 Å². The molecule has 7 N–H and O–H groups in total. The van der Waals surface area contributed by atoms with E-state index in [4.69, 9.17) is 20.5 Å². The predicted octanol–water partition coefficient (Wildman–Crippen LogP) is 0.702. The molecule has 1 heterocycles. The smallest absolute Gasteiger partial charge is 0.303 e. The molecule has 0 radical (unpaired) electrons. The van der Waals surface area contributed by atoms with Gasteiger partial charge in [0.1, 0.15) is 12.4 Å². The van der Waals surface area contributed by atoms with E-state index in [1.807, 2.05) is 0 Å². The molecule has 2 rings (SSSR count). The highest BCUT2D eigenvalue weighted by Gasteiger charge is 2.33. The number of carbonyl (C=O) groups excluding carboxylic acids is 1. The fourth-order valence-electron chi connectivity index (χ4n) is 4.21. The molecule has 2 aromatic rings. The number of primary sulfonamides is 1. The van der Waals surface area contributed by atoms with Crippen molar-refractivity contribution >= 4 is 33.8 Å². The lowest BCUT2D eigenvalue weighted by Gasteiger charge is -2.34. The Morgan fingerprint density at radius 1 is 0.925 bits per heavy atom. The lowest BCUT2D eigenvalue weighted by molar-refractivity contribution is -0.139. The number of hydrogen-bond acceptors (Lipinski definition) is 8. The van der Waals surface area contributed by atoms with Crippen LogP contribution in [0.1, 0.15) is 56.3 Å². The Labute approximate surface area is 231 Å². The molecule has 0 spiro atoms. The third-order valence-electron chi connectivity index (χ3n) is 6.33. The van der Waals surface area contributed by atoms with Gasteiger partial charge in [-0.1, -0.05) is 12.1 Å². The van der Waals surface area contributed by atoms with Crippen molar-refractivity contribution in [2.75, 3.05) is 6.54 Å². The van der Waals surface area contributed by atoms with Gasteiger partial charge < -0.3 is 30.5 Å². The Hall–Kier alpha value is -3.82. The zero-order chi connectivity index (χ0) is 29.8. The Morgan fingerprint density at radius 2 is 1.48 bits per heavy atom. The Balaban J connectivity index is 1.95. The van der Waals surface area contributed by atoms with Crippen LogP contribution in [0.2, 0.25) is 0 Å². The second-order valence-corrected chi connectivity index (χ2v) is 11.0. The maximum Gasteiger partial charge on any atom is 0.303 e. The fraction of sp³-hybridized carbons (Fsp3) is 0.480. The molecule has 0 aliphatic carbocycles. The number of nitrogens with zero attached hydrogens (tertiary/aromatic N) is 2. The summed E-state index contributed by atoms with van der Waals surface area (Å²) in [4.78, 5) is 50.8. The molecule has 1 aromatic heterocycles. The van der Waals surface area contributed by atoms with Gasteiger partial charge in [-0.2, -0.15) is 0 Å². The van der Waals surface area contributed by atoms with Crippen LogP contribution in [0.3, 0.4) is 0 Å². The van der Waals surface area contributed by atoms with Crippen LogP contribution in [0.4, 0.5) is 0 Å². The van der Waals surface area contributed by atoms with E-state index >= 15 is 0 Å². The summed E-state index contributed by atoms with van der Waals surface area (Å²) in [6.07, 6.45) is 3.12. The number of imidazole rings is 1. The average molecular weight is 582 g/mol. The number of benzene rings is 1. The molecule has 0 bridgehead atoms. The highest BCUT2D eigenvalue weighted by molar-refractivity contribution is 7.89. The van der Waals surface area contributed by atoms with Gasteiger partial charge in [0.05, 0.1) is 11.4 Å². The van der Waals surface area contributed by atoms with Crippen LogP contribution in [-0.2, 0) is 48.7 Å². The van der Waals surface area contributed by atoms with Gasteiger partial charge >= 0.3 is 17.9 Å². The van der Waals surface area contributed by atoms with Crippen LogP contribution < -0.4 is 15.8 Å². The van der Waals surface area contributed by atoms with Crippen molar-refractivity contribution in [3.05, 3.63) is 48.0 Å². The van der Waals surface area contributed by atoms with E-state index in [2.05, 4.69) is 15.6 Å². The topological polar surface area (TPSA) is 231 Å². The van der Waals surface area contributed by atoms with E-state index in [9.17, 15) is 27.6 Å². The monoisotopic (exact) mass is 581 g/mol. The molecule has 40 heavy (non-hydrogen) atoms. The first kappa shape index (κ1) is 32.4. The number of aromatic nitrogens is 2. The lowest BCUT2D eigenvalue weighted by atomic mass is 9.83. The van der Waals surface area contributed by atoms with Gasteiger partial charge in [-0.05, 0) is 56.3 Å². The Bertz CT molecular complexity index is 1230. The quantitative estimate of drug-likeness (QED) is 0.126. The van der Waals surface area contributed by atoms with Gasteiger partial charge in [-0.25, -0.2) is 18.5 Å². The SMILES string of the molecule is NS(=O)(=O)c1ccc(CCCNCc2nccn2CC(=O)NC(CCC(=O)O)(CCC(=O)O)CCC(=O)O)cc1. The van der Waals surface area contributed by atoms with Crippen molar-refractivity contribution in [2.24, 2.45) is 5.14 Å². The molecule has 0 aliphatic heterocycles. The first-order chi connectivity index (χ1) is 18.8. The van der Waals surface area contributed by atoms with Crippen molar-refractivity contribution in [3.8, 4) is 0 Å². The number of hydrogen-bond donors (Lipinski definition) is 6. The second-order valence-electron chi connectivity index (χ2n) is 9.45. The van der Waals surface area contributed by atoms with Crippen LogP contribution in [0, 0.1) is 0 Å². The average Bonchev–Trinajstić information content (AvgIpc) is 3.30. The summed E-state index contributed by atoms with van der Waals surface area (Å²) in [5.41, 5.74) is -0.359. The molecule has 1 amide bonds. The van der Waals surface area contributed by atoms with Crippen LogP contribution in [-0.4, -0.2) is 69.2 Å². The first-order valence-corrected chi connectivity index (χ1v) is 14.1. The number of nitrogens with one attached hydrogen (secondary N) is 2. The summed E-state index contributed by atoms with van der Waals surface area (Å²) in [5.74, 6) is -3.41. The molecule has 0 atom stereocenters. The largest absolute Gasteiger partial charge is 0.481 e. The molecule has 1 aromatic carbocycles. The number of nitrogens with two attached hydrogens (primary N) is 1. The maximum atomic E-state index is 13.0. The molecule has 0 unspecified atom stereocenters. The first-order valence-electron chi connectivity index (χ1n) is 12.6. The van der Waals surface area contributed by atoms with Gasteiger partial charge in [0.25, 0.3) is 0 Å². The number of aliphatic carboxylic acids is 3. The number of carboxylic acids is 3. The van der Waals surface area contributed by atoms with Gasteiger partial charge in [-0.15, -0.1) is 0 Å². The second kappa shape index (κ2) is 15.1.